The average Bonchev–Trinajstić information content (AvgIpc) is 2.81. The third-order valence-electron chi connectivity index (χ3n) is 3.89. The van der Waals surface area contributed by atoms with Gasteiger partial charge in [-0.1, -0.05) is 54.6 Å². The van der Waals surface area contributed by atoms with E-state index >= 15 is 0 Å². The van der Waals surface area contributed by atoms with Crippen LogP contribution in [0.25, 0.3) is 5.57 Å². The summed E-state index contributed by atoms with van der Waals surface area (Å²) in [5, 5.41) is 6.79. The number of Topliss-reactive ketones (excluding diaryl/α,β-unsaturated/α-hetero) is 1. The smallest absolute Gasteiger partial charge is 0.210 e. The van der Waals surface area contributed by atoms with Crippen LogP contribution in [0.3, 0.4) is 0 Å². The molecule has 3 nitrogen and oxygen atoms in total. The second-order valence-electron chi connectivity index (χ2n) is 5.11. The Labute approximate surface area is 127 Å². The largest absolute Gasteiger partial charge is 0.351 e. The Hall–Kier alpha value is -2.46. The summed E-state index contributed by atoms with van der Waals surface area (Å²) in [7, 11) is 0. The molecule has 102 valence electrons. The lowest BCUT2D eigenvalue weighted by atomic mass is 9.93. The van der Waals surface area contributed by atoms with Crippen LogP contribution in [0.1, 0.15) is 27.5 Å². The third kappa shape index (κ3) is 1.80. The lowest BCUT2D eigenvalue weighted by Gasteiger charge is -2.28. The van der Waals surface area contributed by atoms with Crippen molar-refractivity contribution in [3.8, 4) is 0 Å². The summed E-state index contributed by atoms with van der Waals surface area (Å²) < 4.78 is 0. The fraction of sp³-hybridized carbons (Fsp3) is 0.0588. The number of nitrogens with one attached hydrogen (secondary N) is 2. The van der Waals surface area contributed by atoms with Crippen molar-refractivity contribution < 1.29 is 4.79 Å². The van der Waals surface area contributed by atoms with Crippen molar-refractivity contribution in [2.75, 3.05) is 0 Å². The minimum atomic E-state index is -0.0949. The highest BCUT2D eigenvalue weighted by Crippen LogP contribution is 2.41. The Morgan fingerprint density at radius 3 is 2.33 bits per heavy atom. The normalized spacial score (nSPS) is 19.7. The van der Waals surface area contributed by atoms with E-state index in [0.29, 0.717) is 10.8 Å². The van der Waals surface area contributed by atoms with Gasteiger partial charge < -0.3 is 10.6 Å². The Morgan fingerprint density at radius 1 is 0.905 bits per heavy atom. The maximum absolute atomic E-state index is 12.5. The molecule has 0 fully saturated rings. The standard InChI is InChI=1S/C17H12N2OS/c20-16-12-9-5-4-8-11(12)13-14(10-6-2-1-3-7-10)18-17(21)19-15(13)16/h1-9,14H,(H2,18,19,21)/t14-/m1/s1. The van der Waals surface area contributed by atoms with Gasteiger partial charge in [-0.25, -0.2) is 0 Å². The molecule has 0 radical (unpaired) electrons. The van der Waals surface area contributed by atoms with Gasteiger partial charge in [0.25, 0.3) is 0 Å². The molecule has 0 bridgehead atoms. The molecule has 1 aliphatic heterocycles. The first kappa shape index (κ1) is 12.3. The zero-order chi connectivity index (χ0) is 14.4. The zero-order valence-electron chi connectivity index (χ0n) is 11.1. The van der Waals surface area contributed by atoms with Gasteiger partial charge in [-0.3, -0.25) is 4.79 Å². The molecular formula is C17H12N2OS. The van der Waals surface area contributed by atoms with Crippen molar-refractivity contribution in [1.82, 2.24) is 10.6 Å². The van der Waals surface area contributed by atoms with E-state index in [1.807, 2.05) is 54.6 Å². The number of allylic oxidation sites excluding steroid dienone is 1. The first-order valence-corrected chi connectivity index (χ1v) is 7.17. The second kappa shape index (κ2) is 4.53. The lowest BCUT2D eigenvalue weighted by molar-refractivity contribution is 0.103. The zero-order valence-corrected chi connectivity index (χ0v) is 11.9. The minimum Gasteiger partial charge on any atom is -0.351 e. The molecule has 0 amide bonds. The molecule has 0 unspecified atom stereocenters. The third-order valence-corrected chi connectivity index (χ3v) is 4.11. The summed E-state index contributed by atoms with van der Waals surface area (Å²) in [6.07, 6.45) is 0. The highest BCUT2D eigenvalue weighted by molar-refractivity contribution is 7.80. The van der Waals surface area contributed by atoms with E-state index in [1.54, 1.807) is 0 Å². The molecule has 1 atom stereocenters. The van der Waals surface area contributed by atoms with Crippen LogP contribution in [0.4, 0.5) is 0 Å². The Morgan fingerprint density at radius 2 is 1.57 bits per heavy atom. The molecule has 2 aliphatic rings. The molecule has 0 spiro atoms. The van der Waals surface area contributed by atoms with Gasteiger partial charge in [0.15, 0.2) is 5.11 Å². The van der Waals surface area contributed by atoms with Gasteiger partial charge in [0.1, 0.15) is 0 Å². The summed E-state index contributed by atoms with van der Waals surface area (Å²) in [6.45, 7) is 0. The van der Waals surface area contributed by atoms with E-state index in [1.165, 1.54) is 0 Å². The number of hydrogen-bond donors (Lipinski definition) is 2. The number of thiocarbonyl (C=S) groups is 1. The summed E-state index contributed by atoms with van der Waals surface area (Å²) in [4.78, 5) is 12.5. The Kier molecular flexibility index (Phi) is 2.65. The summed E-state index contributed by atoms with van der Waals surface area (Å²) >= 11 is 5.26. The predicted octanol–water partition coefficient (Wildman–Crippen LogP) is 2.81. The number of benzene rings is 2. The Bertz CT molecular complexity index is 795. The maximum Gasteiger partial charge on any atom is 0.210 e. The molecule has 4 rings (SSSR count). The van der Waals surface area contributed by atoms with Crippen LogP contribution in [0.15, 0.2) is 60.3 Å². The van der Waals surface area contributed by atoms with Crippen molar-refractivity contribution in [3.05, 3.63) is 77.0 Å². The fourth-order valence-corrected chi connectivity index (χ4v) is 3.20. The van der Waals surface area contributed by atoms with Crippen molar-refractivity contribution >= 4 is 28.7 Å². The summed E-state index contributed by atoms with van der Waals surface area (Å²) in [5.41, 5.74) is 4.40. The van der Waals surface area contributed by atoms with Gasteiger partial charge >= 0.3 is 0 Å². The van der Waals surface area contributed by atoms with Gasteiger partial charge in [0.05, 0.1) is 11.7 Å². The SMILES string of the molecule is O=C1C2=C(c3ccccc31)[C@@H](c1ccccc1)NC(=S)N2. The fourth-order valence-electron chi connectivity index (χ4n) is 2.98. The first-order chi connectivity index (χ1) is 10.3. The lowest BCUT2D eigenvalue weighted by Crippen LogP contribution is -2.43. The molecule has 2 aromatic carbocycles. The molecule has 0 saturated heterocycles. The van der Waals surface area contributed by atoms with E-state index in [0.717, 1.165) is 22.3 Å². The van der Waals surface area contributed by atoms with Crippen LogP contribution in [-0.2, 0) is 0 Å². The Balaban J connectivity index is 1.93. The number of carbonyl (C=O) groups excluding carboxylic acids is 1. The number of ketones is 1. The van der Waals surface area contributed by atoms with Crippen molar-refractivity contribution in [3.63, 3.8) is 0 Å². The van der Waals surface area contributed by atoms with E-state index in [4.69, 9.17) is 12.2 Å². The molecular weight excluding hydrogens is 280 g/mol. The van der Waals surface area contributed by atoms with Gasteiger partial charge in [0, 0.05) is 11.1 Å². The van der Waals surface area contributed by atoms with E-state index < -0.39 is 0 Å². The van der Waals surface area contributed by atoms with Crippen molar-refractivity contribution in [1.29, 1.82) is 0 Å². The van der Waals surface area contributed by atoms with Crippen LogP contribution in [0.2, 0.25) is 0 Å². The van der Waals surface area contributed by atoms with Gasteiger partial charge in [-0.15, -0.1) is 0 Å². The molecule has 0 saturated carbocycles. The molecule has 1 aliphatic carbocycles. The van der Waals surface area contributed by atoms with Crippen molar-refractivity contribution in [2.24, 2.45) is 0 Å². The van der Waals surface area contributed by atoms with Crippen molar-refractivity contribution in [2.45, 2.75) is 6.04 Å². The number of rotatable bonds is 1. The minimum absolute atomic E-state index is 0.0189. The number of hydrogen-bond acceptors (Lipinski definition) is 2. The van der Waals surface area contributed by atoms with E-state index in [2.05, 4.69) is 10.6 Å². The van der Waals surface area contributed by atoms with Crippen LogP contribution >= 0.6 is 12.2 Å². The molecule has 0 aromatic heterocycles. The first-order valence-electron chi connectivity index (χ1n) is 6.76. The van der Waals surface area contributed by atoms with Gasteiger partial charge in [-0.05, 0) is 23.3 Å². The topological polar surface area (TPSA) is 41.1 Å². The van der Waals surface area contributed by atoms with Gasteiger partial charge in [-0.2, -0.15) is 0 Å². The number of carbonyl (C=O) groups is 1. The highest BCUT2D eigenvalue weighted by atomic mass is 32.1. The van der Waals surface area contributed by atoms with Crippen LogP contribution < -0.4 is 10.6 Å². The van der Waals surface area contributed by atoms with Crippen LogP contribution in [0.5, 0.6) is 0 Å². The summed E-state index contributed by atoms with van der Waals surface area (Å²) in [5.74, 6) is 0.0189. The molecule has 2 N–H and O–H groups in total. The number of fused-ring (bicyclic) bond motifs is 2. The van der Waals surface area contributed by atoms with Crippen LogP contribution in [-0.4, -0.2) is 10.9 Å². The van der Waals surface area contributed by atoms with Crippen LogP contribution in [0, 0.1) is 0 Å². The summed E-state index contributed by atoms with van der Waals surface area (Å²) in [6, 6.07) is 17.6. The molecule has 21 heavy (non-hydrogen) atoms. The maximum atomic E-state index is 12.5. The monoisotopic (exact) mass is 292 g/mol. The highest BCUT2D eigenvalue weighted by Gasteiger charge is 2.37. The molecule has 1 heterocycles. The van der Waals surface area contributed by atoms with E-state index in [9.17, 15) is 4.79 Å². The van der Waals surface area contributed by atoms with E-state index in [-0.39, 0.29) is 11.8 Å². The molecule has 2 aromatic rings. The molecule has 4 heteroatoms. The quantitative estimate of drug-likeness (QED) is 0.793. The predicted molar refractivity (Wildman–Crippen MR) is 85.7 cm³/mol. The second-order valence-corrected chi connectivity index (χ2v) is 5.51. The van der Waals surface area contributed by atoms with Gasteiger partial charge in [0.2, 0.25) is 5.78 Å². The average molecular weight is 292 g/mol.